The molecular formula is C26H20F3N5OS. The van der Waals surface area contributed by atoms with Gasteiger partial charge in [0.1, 0.15) is 0 Å². The Bertz CT molecular complexity index is 1570. The number of carbonyl (C=O) groups is 1. The summed E-state index contributed by atoms with van der Waals surface area (Å²) in [4.78, 5) is 26.7. The van der Waals surface area contributed by atoms with Crippen LogP contribution in [0, 0.1) is 6.92 Å². The predicted octanol–water partition coefficient (Wildman–Crippen LogP) is 6.59. The average Bonchev–Trinajstić information content (AvgIpc) is 3.51. The number of nitrogens with one attached hydrogen (secondary N) is 1. The molecule has 0 unspecified atom stereocenters. The van der Waals surface area contributed by atoms with Gasteiger partial charge in [0.05, 0.1) is 11.9 Å². The van der Waals surface area contributed by atoms with Crippen LogP contribution in [-0.2, 0) is 19.6 Å². The molecule has 0 saturated heterocycles. The van der Waals surface area contributed by atoms with E-state index in [-0.39, 0.29) is 12.2 Å². The van der Waals surface area contributed by atoms with E-state index in [0.717, 1.165) is 23.3 Å². The fraction of sp³-hybridized carbons (Fsp3) is 0.154. The van der Waals surface area contributed by atoms with Crippen molar-refractivity contribution in [2.75, 3.05) is 5.32 Å². The number of imidazole rings is 1. The number of anilines is 2. The number of Topliss-reactive ketones (excluding diaryl/α,β-unsaturated/α-hetero) is 1. The van der Waals surface area contributed by atoms with E-state index in [1.54, 1.807) is 40.4 Å². The summed E-state index contributed by atoms with van der Waals surface area (Å²) in [5, 5.41) is 7.20. The van der Waals surface area contributed by atoms with Gasteiger partial charge >= 0.3 is 6.18 Å². The van der Waals surface area contributed by atoms with Crippen LogP contribution < -0.4 is 5.32 Å². The minimum atomic E-state index is -4.46. The van der Waals surface area contributed by atoms with Gasteiger partial charge in [0.25, 0.3) is 0 Å². The molecule has 10 heteroatoms. The summed E-state index contributed by atoms with van der Waals surface area (Å²) in [6.07, 6.45) is -2.95. The highest BCUT2D eigenvalue weighted by Gasteiger charge is 2.30. The number of aryl methyl sites for hydroxylation is 2. The van der Waals surface area contributed by atoms with Crippen LogP contribution in [0.15, 0.2) is 65.6 Å². The van der Waals surface area contributed by atoms with Crippen LogP contribution >= 0.6 is 11.3 Å². The number of aromatic nitrogens is 4. The van der Waals surface area contributed by atoms with Gasteiger partial charge < -0.3 is 9.88 Å². The highest BCUT2D eigenvalue weighted by molar-refractivity contribution is 7.08. The van der Waals surface area contributed by atoms with E-state index >= 15 is 0 Å². The van der Waals surface area contributed by atoms with E-state index in [1.165, 1.54) is 12.1 Å². The number of alkyl halides is 3. The summed E-state index contributed by atoms with van der Waals surface area (Å²) in [7, 11) is 1.85. The first-order chi connectivity index (χ1) is 17.2. The molecule has 1 N–H and O–H groups in total. The van der Waals surface area contributed by atoms with Crippen molar-refractivity contribution in [3.05, 3.63) is 87.9 Å². The van der Waals surface area contributed by atoms with Crippen LogP contribution in [0.4, 0.5) is 24.7 Å². The highest BCUT2D eigenvalue weighted by atomic mass is 32.1. The van der Waals surface area contributed by atoms with Crippen LogP contribution in [0.25, 0.3) is 22.6 Å². The molecular weight excluding hydrogens is 487 g/mol. The van der Waals surface area contributed by atoms with Gasteiger partial charge in [-0.25, -0.2) is 15.0 Å². The van der Waals surface area contributed by atoms with E-state index in [9.17, 15) is 18.0 Å². The molecule has 0 spiro atoms. The largest absolute Gasteiger partial charge is 0.416 e. The number of ketones is 1. The number of fused-ring (bicyclic) bond motifs is 1. The topological polar surface area (TPSA) is 72.7 Å². The number of nitrogens with zero attached hydrogens (tertiary/aromatic N) is 4. The van der Waals surface area contributed by atoms with Crippen LogP contribution in [-0.4, -0.2) is 25.3 Å². The van der Waals surface area contributed by atoms with Gasteiger partial charge in [-0.3, -0.25) is 4.79 Å². The van der Waals surface area contributed by atoms with Crippen molar-refractivity contribution in [2.45, 2.75) is 19.5 Å². The standard InChI is InChI=1S/C26H20F3N5OS/c1-15-6-7-17(21(35)11-16-4-3-5-19(10-16)26(27,28)29)12-20(15)31-24-22-25(34(2)14-30-22)33-23(32-24)18-8-9-36-13-18/h3-10,12-14H,11H2,1-2H3,(H,31,32,33). The second kappa shape index (κ2) is 9.19. The lowest BCUT2D eigenvalue weighted by Gasteiger charge is -2.13. The number of carbonyl (C=O) groups excluding carboxylic acids is 1. The SMILES string of the molecule is Cc1ccc(C(=O)Cc2cccc(C(F)(F)F)c2)cc1Nc1nc(-c2ccsc2)nc2c1ncn2C. The van der Waals surface area contributed by atoms with E-state index in [2.05, 4.69) is 20.3 Å². The molecule has 0 amide bonds. The van der Waals surface area contributed by atoms with Crippen LogP contribution in [0.3, 0.4) is 0 Å². The smallest absolute Gasteiger partial charge is 0.338 e. The molecule has 5 aromatic rings. The zero-order valence-electron chi connectivity index (χ0n) is 19.3. The van der Waals surface area contributed by atoms with Gasteiger partial charge in [0.2, 0.25) is 0 Å². The van der Waals surface area contributed by atoms with Gasteiger partial charge in [-0.1, -0.05) is 30.3 Å². The Hall–Kier alpha value is -4.05. The van der Waals surface area contributed by atoms with Crippen molar-refractivity contribution in [2.24, 2.45) is 7.05 Å². The van der Waals surface area contributed by atoms with Crippen molar-refractivity contribution in [1.29, 1.82) is 0 Å². The molecule has 0 fully saturated rings. The van der Waals surface area contributed by atoms with E-state index < -0.39 is 11.7 Å². The summed E-state index contributed by atoms with van der Waals surface area (Å²) in [5.41, 5.74) is 3.54. The van der Waals surface area contributed by atoms with E-state index in [4.69, 9.17) is 0 Å². The first kappa shape index (κ1) is 23.7. The molecule has 0 aliphatic rings. The Balaban J connectivity index is 1.46. The van der Waals surface area contributed by atoms with Gasteiger partial charge in [0, 0.05) is 35.7 Å². The normalized spacial score (nSPS) is 11.7. The number of benzene rings is 2. The maximum absolute atomic E-state index is 13.1. The first-order valence-electron chi connectivity index (χ1n) is 11.0. The lowest BCUT2D eigenvalue weighted by atomic mass is 9.99. The molecule has 2 aromatic carbocycles. The minimum absolute atomic E-state index is 0.146. The number of hydrogen-bond acceptors (Lipinski definition) is 6. The van der Waals surface area contributed by atoms with E-state index in [0.29, 0.717) is 39.6 Å². The second-order valence-corrected chi connectivity index (χ2v) is 9.17. The molecule has 182 valence electrons. The third kappa shape index (κ3) is 4.72. The molecule has 3 heterocycles. The van der Waals surface area contributed by atoms with E-state index in [1.807, 2.05) is 30.8 Å². The summed E-state index contributed by atoms with van der Waals surface area (Å²) < 4.78 is 41.0. The lowest BCUT2D eigenvalue weighted by molar-refractivity contribution is -0.137. The van der Waals surface area contributed by atoms with Gasteiger partial charge in [-0.05, 0) is 41.6 Å². The summed E-state index contributed by atoms with van der Waals surface area (Å²) >= 11 is 1.54. The Morgan fingerprint density at radius 2 is 1.94 bits per heavy atom. The molecule has 0 aliphatic heterocycles. The highest BCUT2D eigenvalue weighted by Crippen LogP contribution is 2.31. The minimum Gasteiger partial charge on any atom is -0.338 e. The number of halogens is 3. The maximum atomic E-state index is 13.1. The molecule has 0 atom stereocenters. The Labute approximate surface area is 208 Å². The summed E-state index contributed by atoms with van der Waals surface area (Å²) in [5.74, 6) is 0.749. The van der Waals surface area contributed by atoms with Gasteiger partial charge in [-0.15, -0.1) is 0 Å². The molecule has 3 aromatic heterocycles. The molecule has 0 radical (unpaired) electrons. The van der Waals surface area contributed by atoms with Crippen molar-refractivity contribution in [3.8, 4) is 11.4 Å². The monoisotopic (exact) mass is 507 g/mol. The van der Waals surface area contributed by atoms with Crippen LogP contribution in [0.1, 0.15) is 27.0 Å². The average molecular weight is 508 g/mol. The van der Waals surface area contributed by atoms with Crippen molar-refractivity contribution < 1.29 is 18.0 Å². The van der Waals surface area contributed by atoms with Crippen LogP contribution in [0.2, 0.25) is 0 Å². The molecule has 0 aliphatic carbocycles. The van der Waals surface area contributed by atoms with Crippen molar-refractivity contribution in [3.63, 3.8) is 0 Å². The fourth-order valence-electron chi connectivity index (χ4n) is 3.82. The number of rotatable bonds is 6. The Kier molecular flexibility index (Phi) is 6.05. The van der Waals surface area contributed by atoms with Crippen molar-refractivity contribution in [1.82, 2.24) is 19.5 Å². The number of thiophene rings is 1. The zero-order chi connectivity index (χ0) is 25.4. The summed E-state index contributed by atoms with van der Waals surface area (Å²) in [6, 6.07) is 11.9. The molecule has 6 nitrogen and oxygen atoms in total. The molecule has 36 heavy (non-hydrogen) atoms. The lowest BCUT2D eigenvalue weighted by Crippen LogP contribution is -2.08. The third-order valence-electron chi connectivity index (χ3n) is 5.77. The molecule has 0 saturated carbocycles. The fourth-order valence-corrected chi connectivity index (χ4v) is 4.45. The maximum Gasteiger partial charge on any atom is 0.416 e. The first-order valence-corrected chi connectivity index (χ1v) is 11.9. The van der Waals surface area contributed by atoms with Gasteiger partial charge in [0.15, 0.2) is 28.6 Å². The van der Waals surface area contributed by atoms with Crippen molar-refractivity contribution >= 4 is 39.8 Å². The number of hydrogen-bond donors (Lipinski definition) is 1. The quantitative estimate of drug-likeness (QED) is 0.263. The molecule has 0 bridgehead atoms. The summed E-state index contributed by atoms with van der Waals surface area (Å²) in [6.45, 7) is 1.89. The Morgan fingerprint density at radius 1 is 1.11 bits per heavy atom. The van der Waals surface area contributed by atoms with Crippen LogP contribution in [0.5, 0.6) is 0 Å². The second-order valence-electron chi connectivity index (χ2n) is 8.39. The Morgan fingerprint density at radius 3 is 2.69 bits per heavy atom. The van der Waals surface area contributed by atoms with Gasteiger partial charge in [-0.2, -0.15) is 24.5 Å². The zero-order valence-corrected chi connectivity index (χ0v) is 20.1. The third-order valence-corrected chi connectivity index (χ3v) is 6.45. The predicted molar refractivity (Wildman–Crippen MR) is 134 cm³/mol. The molecule has 5 rings (SSSR count).